The van der Waals surface area contributed by atoms with Crippen LogP contribution in [0.1, 0.15) is 38.1 Å². The smallest absolute Gasteiger partial charge is 0.425 e. The molecule has 0 fully saturated rings. The van der Waals surface area contributed by atoms with Crippen molar-refractivity contribution >= 4 is 18.0 Å². The number of carbonyl (C=O) groups excluding carboxylic acids is 3. The van der Waals surface area contributed by atoms with Crippen molar-refractivity contribution in [3.05, 3.63) is 29.8 Å². The van der Waals surface area contributed by atoms with Gasteiger partial charge in [0.2, 0.25) is 0 Å². The number of carbonyl (C=O) groups is 3. The van der Waals surface area contributed by atoms with Crippen LogP contribution in [0.5, 0.6) is 5.75 Å². The Balaban J connectivity index is 2.85. The Labute approximate surface area is 147 Å². The fraction of sp³-hybridized carbons (Fsp3) is 0.500. The third kappa shape index (κ3) is 6.10. The van der Waals surface area contributed by atoms with Gasteiger partial charge >= 0.3 is 12.1 Å². The largest absolute Gasteiger partial charge is 0.516 e. The topological polar surface area (TPSA) is 82.1 Å². The van der Waals surface area contributed by atoms with Crippen molar-refractivity contribution in [2.24, 2.45) is 11.8 Å². The van der Waals surface area contributed by atoms with E-state index in [0.29, 0.717) is 0 Å². The summed E-state index contributed by atoms with van der Waals surface area (Å²) < 4.78 is 15.4. The van der Waals surface area contributed by atoms with Gasteiger partial charge in [0, 0.05) is 20.0 Å². The summed E-state index contributed by atoms with van der Waals surface area (Å²) in [6.07, 6.45) is -2.12. The summed E-state index contributed by atoms with van der Waals surface area (Å²) in [7, 11) is 3.19. The highest BCUT2D eigenvalue weighted by molar-refractivity contribution is 5.97. The van der Waals surface area contributed by atoms with Crippen LogP contribution < -0.4 is 4.74 Å². The molecule has 0 N–H and O–H groups in total. The molecule has 0 bridgehead atoms. The molecule has 1 aromatic carbocycles. The van der Waals surface area contributed by atoms with E-state index in [9.17, 15) is 14.4 Å². The Morgan fingerprint density at radius 1 is 0.960 bits per heavy atom. The molecule has 0 unspecified atom stereocenters. The number of nitrogens with zero attached hydrogens (tertiary/aromatic N) is 1. The predicted molar refractivity (Wildman–Crippen MR) is 91.1 cm³/mol. The van der Waals surface area contributed by atoms with Gasteiger partial charge in [-0.25, -0.2) is 4.79 Å². The summed E-state index contributed by atoms with van der Waals surface area (Å²) in [5, 5.41) is 0. The first-order valence-corrected chi connectivity index (χ1v) is 8.03. The number of hydrogen-bond donors (Lipinski definition) is 0. The van der Waals surface area contributed by atoms with Crippen molar-refractivity contribution in [2.75, 3.05) is 14.1 Å². The Hall–Kier alpha value is -2.57. The van der Waals surface area contributed by atoms with Gasteiger partial charge in [0.25, 0.3) is 12.2 Å². The lowest BCUT2D eigenvalue weighted by Gasteiger charge is -2.22. The van der Waals surface area contributed by atoms with E-state index in [4.69, 9.17) is 14.2 Å². The van der Waals surface area contributed by atoms with Gasteiger partial charge in [0.15, 0.2) is 0 Å². The van der Waals surface area contributed by atoms with Crippen LogP contribution in [0.3, 0.4) is 0 Å². The summed E-state index contributed by atoms with van der Waals surface area (Å²) >= 11 is 0. The molecule has 0 aliphatic carbocycles. The lowest BCUT2D eigenvalue weighted by atomic mass is 10.2. The van der Waals surface area contributed by atoms with Crippen molar-refractivity contribution in [2.45, 2.75) is 34.0 Å². The first-order chi connectivity index (χ1) is 11.6. The second-order valence-electron chi connectivity index (χ2n) is 6.37. The summed E-state index contributed by atoms with van der Waals surface area (Å²) in [6, 6.07) is 6.33. The molecule has 0 aromatic heterocycles. The minimum Gasteiger partial charge on any atom is -0.425 e. The Morgan fingerprint density at radius 2 is 1.56 bits per heavy atom. The van der Waals surface area contributed by atoms with Crippen LogP contribution in [0.4, 0.5) is 4.79 Å². The fourth-order valence-electron chi connectivity index (χ4n) is 1.73. The highest BCUT2D eigenvalue weighted by atomic mass is 16.8. The van der Waals surface area contributed by atoms with Gasteiger partial charge in [-0.1, -0.05) is 39.8 Å². The summed E-state index contributed by atoms with van der Waals surface area (Å²) in [4.78, 5) is 37.3. The van der Waals surface area contributed by atoms with E-state index in [1.54, 1.807) is 60.0 Å². The van der Waals surface area contributed by atoms with Gasteiger partial charge in [-0.05, 0) is 12.1 Å². The zero-order chi connectivity index (χ0) is 19.1. The SMILES string of the molecule is CC(C)C(=O)O[C@@H](OC(=O)Oc1ccccc1C(=O)N(C)C)C(C)C. The minimum absolute atomic E-state index is 0.0730. The van der Waals surface area contributed by atoms with Crippen LogP contribution in [0.25, 0.3) is 0 Å². The molecular formula is C18H25NO6. The minimum atomic E-state index is -1.07. The van der Waals surface area contributed by atoms with Crippen LogP contribution in [0.2, 0.25) is 0 Å². The van der Waals surface area contributed by atoms with Crippen molar-refractivity contribution in [1.82, 2.24) is 4.90 Å². The molecule has 0 aliphatic heterocycles. The number of esters is 1. The lowest BCUT2D eigenvalue weighted by Crippen LogP contribution is -2.32. The zero-order valence-corrected chi connectivity index (χ0v) is 15.4. The second-order valence-corrected chi connectivity index (χ2v) is 6.37. The van der Waals surface area contributed by atoms with Crippen molar-refractivity contribution in [1.29, 1.82) is 0 Å². The molecule has 0 saturated carbocycles. The van der Waals surface area contributed by atoms with Crippen LogP contribution in [-0.2, 0) is 14.3 Å². The van der Waals surface area contributed by atoms with E-state index in [0.717, 1.165) is 0 Å². The van der Waals surface area contributed by atoms with Crippen LogP contribution >= 0.6 is 0 Å². The summed E-state index contributed by atoms with van der Waals surface area (Å²) in [6.45, 7) is 6.85. The molecule has 0 heterocycles. The molecule has 0 saturated heterocycles. The number of ether oxygens (including phenoxy) is 3. The quantitative estimate of drug-likeness (QED) is 0.445. The number of benzene rings is 1. The number of para-hydroxylation sites is 1. The fourth-order valence-corrected chi connectivity index (χ4v) is 1.73. The molecule has 7 nitrogen and oxygen atoms in total. The molecule has 25 heavy (non-hydrogen) atoms. The van der Waals surface area contributed by atoms with E-state index in [2.05, 4.69) is 0 Å². The Bertz CT molecular complexity index is 624. The summed E-state index contributed by atoms with van der Waals surface area (Å²) in [5.41, 5.74) is 0.227. The van der Waals surface area contributed by atoms with E-state index in [1.165, 1.54) is 11.0 Å². The third-order valence-corrected chi connectivity index (χ3v) is 3.18. The van der Waals surface area contributed by atoms with Gasteiger partial charge in [-0.2, -0.15) is 0 Å². The average molecular weight is 351 g/mol. The molecule has 0 aliphatic rings. The van der Waals surface area contributed by atoms with Crippen molar-refractivity contribution in [3.63, 3.8) is 0 Å². The molecule has 1 rings (SSSR count). The predicted octanol–water partition coefficient (Wildman–Crippen LogP) is 3.09. The number of rotatable bonds is 6. The van der Waals surface area contributed by atoms with Gasteiger partial charge < -0.3 is 19.1 Å². The maximum atomic E-state index is 12.1. The first kappa shape index (κ1) is 20.5. The van der Waals surface area contributed by atoms with Gasteiger partial charge in [-0.3, -0.25) is 9.59 Å². The molecule has 1 atom stereocenters. The lowest BCUT2D eigenvalue weighted by molar-refractivity contribution is -0.180. The molecule has 0 radical (unpaired) electrons. The second kappa shape index (κ2) is 9.05. The number of hydrogen-bond acceptors (Lipinski definition) is 6. The number of amides is 1. The Morgan fingerprint density at radius 3 is 2.08 bits per heavy atom. The van der Waals surface area contributed by atoms with E-state index in [-0.39, 0.29) is 29.1 Å². The molecule has 0 spiro atoms. The average Bonchev–Trinajstić information content (AvgIpc) is 2.53. The summed E-state index contributed by atoms with van der Waals surface area (Å²) in [5.74, 6) is -1.32. The molecule has 1 aromatic rings. The highest BCUT2D eigenvalue weighted by Crippen LogP contribution is 2.21. The zero-order valence-electron chi connectivity index (χ0n) is 15.4. The normalized spacial score (nSPS) is 11.8. The van der Waals surface area contributed by atoms with E-state index < -0.39 is 18.4 Å². The standard InChI is InChI=1S/C18H25NO6/c1-11(2)16(21)24-17(12(3)4)25-18(22)23-14-10-8-7-9-13(14)15(20)19(5)6/h7-12,17H,1-6H3/t17-/m0/s1. The van der Waals surface area contributed by atoms with Gasteiger partial charge in [0.05, 0.1) is 11.5 Å². The molecule has 138 valence electrons. The van der Waals surface area contributed by atoms with Gasteiger partial charge in [0.1, 0.15) is 5.75 Å². The van der Waals surface area contributed by atoms with Crippen LogP contribution in [0, 0.1) is 11.8 Å². The first-order valence-electron chi connectivity index (χ1n) is 8.03. The molecular weight excluding hydrogens is 326 g/mol. The van der Waals surface area contributed by atoms with E-state index >= 15 is 0 Å². The third-order valence-electron chi connectivity index (χ3n) is 3.18. The highest BCUT2D eigenvalue weighted by Gasteiger charge is 2.26. The van der Waals surface area contributed by atoms with Crippen LogP contribution in [-0.4, -0.2) is 43.3 Å². The van der Waals surface area contributed by atoms with Crippen molar-refractivity contribution in [3.8, 4) is 5.75 Å². The molecule has 1 amide bonds. The van der Waals surface area contributed by atoms with Crippen molar-refractivity contribution < 1.29 is 28.6 Å². The maximum Gasteiger partial charge on any atom is 0.516 e. The van der Waals surface area contributed by atoms with Crippen LogP contribution in [0.15, 0.2) is 24.3 Å². The van der Waals surface area contributed by atoms with E-state index in [1.807, 2.05) is 0 Å². The monoisotopic (exact) mass is 351 g/mol. The molecule has 7 heteroatoms. The maximum absolute atomic E-state index is 12.1. The Kier molecular flexibility index (Phi) is 7.42. The van der Waals surface area contributed by atoms with Gasteiger partial charge in [-0.15, -0.1) is 0 Å².